The standard InChI is InChI=1S/C10H18N2O2S/c1-3-15(13,14)12-10(8-11)6-4-5-9(2)7-10/h9,12H,3-7H2,1-2H3/t9-,10-/m0/s1. The van der Waals surface area contributed by atoms with E-state index in [2.05, 4.69) is 17.7 Å². The quantitative estimate of drug-likeness (QED) is 0.796. The van der Waals surface area contributed by atoms with Crippen molar-refractivity contribution in [1.82, 2.24) is 4.72 Å². The Morgan fingerprint density at radius 3 is 2.73 bits per heavy atom. The van der Waals surface area contributed by atoms with E-state index in [1.54, 1.807) is 6.92 Å². The lowest BCUT2D eigenvalue weighted by atomic mass is 9.78. The smallest absolute Gasteiger partial charge is 0.212 e. The summed E-state index contributed by atoms with van der Waals surface area (Å²) in [6, 6.07) is 2.15. The van der Waals surface area contributed by atoms with Gasteiger partial charge in [0, 0.05) is 0 Å². The average Bonchev–Trinajstić information content (AvgIpc) is 2.17. The van der Waals surface area contributed by atoms with Crippen LogP contribution in [0.5, 0.6) is 0 Å². The molecule has 0 radical (unpaired) electrons. The molecule has 5 heteroatoms. The number of rotatable bonds is 3. The minimum Gasteiger partial charge on any atom is -0.212 e. The third-order valence-electron chi connectivity index (χ3n) is 2.94. The zero-order chi connectivity index (χ0) is 11.5. The molecule has 0 bridgehead atoms. The molecular formula is C10H18N2O2S. The van der Waals surface area contributed by atoms with E-state index in [1.165, 1.54) is 0 Å². The number of nitriles is 1. The summed E-state index contributed by atoms with van der Waals surface area (Å²) in [5, 5.41) is 9.14. The SMILES string of the molecule is CCS(=O)(=O)N[C@@]1(C#N)CCC[C@H](C)C1. The van der Waals surface area contributed by atoms with Crippen LogP contribution in [-0.2, 0) is 10.0 Å². The molecule has 0 spiro atoms. The summed E-state index contributed by atoms with van der Waals surface area (Å²) >= 11 is 0. The third-order valence-corrected chi connectivity index (χ3v) is 4.40. The molecule has 15 heavy (non-hydrogen) atoms. The molecule has 0 aromatic carbocycles. The Kier molecular flexibility index (Phi) is 3.74. The van der Waals surface area contributed by atoms with Crippen molar-refractivity contribution >= 4 is 10.0 Å². The van der Waals surface area contributed by atoms with Crippen molar-refractivity contribution < 1.29 is 8.42 Å². The first kappa shape index (κ1) is 12.5. The van der Waals surface area contributed by atoms with E-state index in [4.69, 9.17) is 5.26 Å². The molecule has 1 rings (SSSR count). The van der Waals surface area contributed by atoms with E-state index in [-0.39, 0.29) is 5.75 Å². The number of hydrogen-bond donors (Lipinski definition) is 1. The molecule has 1 fully saturated rings. The highest BCUT2D eigenvalue weighted by Crippen LogP contribution is 2.32. The zero-order valence-electron chi connectivity index (χ0n) is 9.28. The van der Waals surface area contributed by atoms with Crippen LogP contribution >= 0.6 is 0 Å². The summed E-state index contributed by atoms with van der Waals surface area (Å²) in [7, 11) is -3.29. The fourth-order valence-electron chi connectivity index (χ4n) is 2.14. The van der Waals surface area contributed by atoms with Gasteiger partial charge < -0.3 is 0 Å². The molecule has 0 unspecified atom stereocenters. The molecule has 0 heterocycles. The topological polar surface area (TPSA) is 70.0 Å². The van der Waals surface area contributed by atoms with Gasteiger partial charge in [-0.1, -0.05) is 19.8 Å². The molecule has 0 saturated heterocycles. The molecule has 0 aromatic rings. The summed E-state index contributed by atoms with van der Waals surface area (Å²) in [4.78, 5) is 0. The summed E-state index contributed by atoms with van der Waals surface area (Å²) in [5.41, 5.74) is -0.855. The van der Waals surface area contributed by atoms with Crippen LogP contribution in [0.2, 0.25) is 0 Å². The van der Waals surface area contributed by atoms with Gasteiger partial charge in [-0.25, -0.2) is 8.42 Å². The Balaban J connectivity index is 2.82. The van der Waals surface area contributed by atoms with E-state index in [0.717, 1.165) is 12.8 Å². The first-order valence-electron chi connectivity index (χ1n) is 5.36. The van der Waals surface area contributed by atoms with Crippen LogP contribution in [0.4, 0.5) is 0 Å². The van der Waals surface area contributed by atoms with Crippen LogP contribution in [-0.4, -0.2) is 19.7 Å². The van der Waals surface area contributed by atoms with E-state index in [0.29, 0.717) is 18.8 Å². The van der Waals surface area contributed by atoms with Crippen molar-refractivity contribution in [2.24, 2.45) is 5.92 Å². The van der Waals surface area contributed by atoms with Crippen molar-refractivity contribution in [1.29, 1.82) is 5.26 Å². The highest BCUT2D eigenvalue weighted by Gasteiger charge is 2.37. The van der Waals surface area contributed by atoms with Crippen molar-refractivity contribution in [2.45, 2.75) is 45.1 Å². The lowest BCUT2D eigenvalue weighted by molar-refractivity contribution is 0.270. The predicted octanol–water partition coefficient (Wildman–Crippen LogP) is 1.40. The zero-order valence-corrected chi connectivity index (χ0v) is 10.1. The van der Waals surface area contributed by atoms with Crippen molar-refractivity contribution in [2.75, 3.05) is 5.75 Å². The fraction of sp³-hybridized carbons (Fsp3) is 0.900. The van der Waals surface area contributed by atoms with Gasteiger partial charge in [0.2, 0.25) is 10.0 Å². The van der Waals surface area contributed by atoms with Crippen molar-refractivity contribution in [3.8, 4) is 6.07 Å². The second-order valence-corrected chi connectivity index (χ2v) is 6.41. The maximum atomic E-state index is 11.5. The maximum Gasteiger partial charge on any atom is 0.212 e. The average molecular weight is 230 g/mol. The maximum absolute atomic E-state index is 11.5. The predicted molar refractivity (Wildman–Crippen MR) is 58.6 cm³/mol. The molecule has 1 aliphatic carbocycles. The molecule has 0 aliphatic heterocycles. The first-order chi connectivity index (χ1) is 6.93. The molecule has 2 atom stereocenters. The van der Waals surface area contributed by atoms with Crippen LogP contribution in [0.25, 0.3) is 0 Å². The highest BCUT2D eigenvalue weighted by molar-refractivity contribution is 7.89. The summed E-state index contributed by atoms with van der Waals surface area (Å²) in [5.74, 6) is 0.447. The molecule has 1 N–H and O–H groups in total. The van der Waals surface area contributed by atoms with E-state index >= 15 is 0 Å². The summed E-state index contributed by atoms with van der Waals surface area (Å²) in [6.07, 6.45) is 3.26. The molecular weight excluding hydrogens is 212 g/mol. The second-order valence-electron chi connectivity index (χ2n) is 4.40. The van der Waals surface area contributed by atoms with E-state index in [1.807, 2.05) is 0 Å². The van der Waals surface area contributed by atoms with Gasteiger partial charge in [-0.05, 0) is 25.7 Å². The number of nitrogens with one attached hydrogen (secondary N) is 1. The Labute approximate surface area is 91.7 Å². The second kappa shape index (κ2) is 4.50. The van der Waals surface area contributed by atoms with Crippen LogP contribution in [0.3, 0.4) is 0 Å². The monoisotopic (exact) mass is 230 g/mol. The van der Waals surface area contributed by atoms with Gasteiger partial charge in [0.1, 0.15) is 5.54 Å². The summed E-state index contributed by atoms with van der Waals surface area (Å²) < 4.78 is 25.5. The molecule has 0 amide bonds. The number of sulfonamides is 1. The van der Waals surface area contributed by atoms with Crippen LogP contribution in [0.15, 0.2) is 0 Å². The minimum absolute atomic E-state index is 0.0326. The van der Waals surface area contributed by atoms with Crippen molar-refractivity contribution in [3.63, 3.8) is 0 Å². The Morgan fingerprint density at radius 1 is 1.60 bits per heavy atom. The normalized spacial score (nSPS) is 32.2. The van der Waals surface area contributed by atoms with Gasteiger partial charge in [-0.3, -0.25) is 0 Å². The van der Waals surface area contributed by atoms with Gasteiger partial charge in [0.15, 0.2) is 0 Å². The fourth-order valence-corrected chi connectivity index (χ4v) is 3.11. The van der Waals surface area contributed by atoms with Crippen molar-refractivity contribution in [3.05, 3.63) is 0 Å². The van der Waals surface area contributed by atoms with Gasteiger partial charge in [-0.2, -0.15) is 9.98 Å². The first-order valence-corrected chi connectivity index (χ1v) is 7.01. The van der Waals surface area contributed by atoms with Gasteiger partial charge in [0.05, 0.1) is 11.8 Å². The molecule has 4 nitrogen and oxygen atoms in total. The lowest BCUT2D eigenvalue weighted by Gasteiger charge is -2.34. The van der Waals surface area contributed by atoms with E-state index < -0.39 is 15.6 Å². The Bertz CT molecular complexity index is 358. The van der Waals surface area contributed by atoms with Gasteiger partial charge in [0.25, 0.3) is 0 Å². The Morgan fingerprint density at radius 2 is 2.27 bits per heavy atom. The van der Waals surface area contributed by atoms with Crippen LogP contribution < -0.4 is 4.72 Å². The lowest BCUT2D eigenvalue weighted by Crippen LogP contribution is -2.50. The van der Waals surface area contributed by atoms with Gasteiger partial charge in [-0.15, -0.1) is 0 Å². The molecule has 0 aromatic heterocycles. The molecule has 1 aliphatic rings. The third kappa shape index (κ3) is 3.18. The van der Waals surface area contributed by atoms with Crippen LogP contribution in [0.1, 0.15) is 39.5 Å². The molecule has 1 saturated carbocycles. The Hall–Kier alpha value is -0.600. The van der Waals surface area contributed by atoms with E-state index in [9.17, 15) is 8.42 Å². The largest absolute Gasteiger partial charge is 0.212 e. The summed E-state index contributed by atoms with van der Waals surface area (Å²) in [6.45, 7) is 3.64. The highest BCUT2D eigenvalue weighted by atomic mass is 32.2. The number of hydrogen-bond acceptors (Lipinski definition) is 3. The molecule has 86 valence electrons. The van der Waals surface area contributed by atoms with Gasteiger partial charge >= 0.3 is 0 Å². The number of nitrogens with zero attached hydrogens (tertiary/aromatic N) is 1. The minimum atomic E-state index is -3.29. The van der Waals surface area contributed by atoms with Crippen LogP contribution in [0, 0.1) is 17.2 Å².